The number of aliphatic carboxylic acids is 1. The summed E-state index contributed by atoms with van der Waals surface area (Å²) in [7, 11) is 1.43. The van der Waals surface area contributed by atoms with Crippen LogP contribution in [0.4, 0.5) is 0 Å². The minimum Gasteiger partial charge on any atom is -0.482 e. The van der Waals surface area contributed by atoms with Gasteiger partial charge in [0.05, 0.1) is 13.5 Å². The van der Waals surface area contributed by atoms with Crippen LogP contribution in [0.5, 0.6) is 0 Å². The molecule has 1 unspecified atom stereocenters. The third-order valence-electron chi connectivity index (χ3n) is 1.53. The Labute approximate surface area is 63.6 Å². The van der Waals surface area contributed by atoms with Crippen molar-refractivity contribution in [3.05, 3.63) is 0 Å². The predicted octanol–water partition coefficient (Wildman–Crippen LogP) is 0.210. The van der Waals surface area contributed by atoms with E-state index in [1.165, 1.54) is 14.0 Å². The molecule has 1 atom stereocenters. The van der Waals surface area contributed by atoms with Gasteiger partial charge in [-0.05, 0) is 6.92 Å². The third kappa shape index (κ3) is 1.26. The normalized spacial score (nSPS) is 29.1. The Bertz CT molecular complexity index is 213. The largest absolute Gasteiger partial charge is 0.482 e. The fourth-order valence-corrected chi connectivity index (χ4v) is 0.729. The van der Waals surface area contributed by atoms with Crippen molar-refractivity contribution in [2.24, 2.45) is 5.16 Å². The van der Waals surface area contributed by atoms with E-state index in [0.29, 0.717) is 5.90 Å². The van der Waals surface area contributed by atoms with E-state index >= 15 is 0 Å². The highest BCUT2D eigenvalue weighted by atomic mass is 16.7. The summed E-state index contributed by atoms with van der Waals surface area (Å²) in [4.78, 5) is 15.2. The van der Waals surface area contributed by atoms with Gasteiger partial charge in [-0.1, -0.05) is 5.16 Å². The van der Waals surface area contributed by atoms with Gasteiger partial charge in [-0.3, -0.25) is 0 Å². The first-order valence-electron chi connectivity index (χ1n) is 3.11. The van der Waals surface area contributed by atoms with E-state index in [1.54, 1.807) is 0 Å². The number of rotatable bonds is 1. The van der Waals surface area contributed by atoms with Crippen LogP contribution < -0.4 is 0 Å². The molecule has 11 heavy (non-hydrogen) atoms. The average Bonchev–Trinajstić information content (AvgIpc) is 2.33. The summed E-state index contributed by atoms with van der Waals surface area (Å²) >= 11 is 0. The molecule has 0 bridgehead atoms. The van der Waals surface area contributed by atoms with Crippen LogP contribution in [-0.4, -0.2) is 29.7 Å². The van der Waals surface area contributed by atoms with Crippen molar-refractivity contribution in [2.45, 2.75) is 18.9 Å². The van der Waals surface area contributed by atoms with Gasteiger partial charge in [-0.2, -0.15) is 0 Å². The zero-order valence-corrected chi connectivity index (χ0v) is 6.33. The van der Waals surface area contributed by atoms with Crippen LogP contribution in [0.3, 0.4) is 0 Å². The predicted molar refractivity (Wildman–Crippen MR) is 36.2 cm³/mol. The molecule has 0 aliphatic carbocycles. The van der Waals surface area contributed by atoms with E-state index < -0.39 is 11.6 Å². The number of carbonyl (C=O) groups is 1. The molecule has 5 nitrogen and oxygen atoms in total. The van der Waals surface area contributed by atoms with Crippen molar-refractivity contribution in [3.8, 4) is 0 Å². The fraction of sp³-hybridized carbons (Fsp3) is 0.667. The Hall–Kier alpha value is -1.26. The molecule has 1 aliphatic rings. The van der Waals surface area contributed by atoms with E-state index in [-0.39, 0.29) is 6.42 Å². The minimum absolute atomic E-state index is 0.179. The van der Waals surface area contributed by atoms with E-state index in [1.807, 2.05) is 0 Å². The highest BCUT2D eigenvalue weighted by Crippen LogP contribution is 2.23. The lowest BCUT2D eigenvalue weighted by Crippen LogP contribution is -2.35. The minimum atomic E-state index is -1.24. The van der Waals surface area contributed by atoms with Gasteiger partial charge < -0.3 is 14.7 Å². The molecule has 0 saturated heterocycles. The summed E-state index contributed by atoms with van der Waals surface area (Å²) in [5, 5.41) is 12.1. The molecule has 0 spiro atoms. The number of methoxy groups -OCH3 is 1. The molecule has 0 fully saturated rings. The van der Waals surface area contributed by atoms with Gasteiger partial charge in [0.25, 0.3) is 0 Å². The van der Waals surface area contributed by atoms with Crippen molar-refractivity contribution in [3.63, 3.8) is 0 Å². The standard InChI is InChI=1S/C6H9NO4/c1-6(5(8)9)3-4(10-2)7-11-6/h3H2,1-2H3,(H,8,9). The van der Waals surface area contributed by atoms with Gasteiger partial charge in [0.2, 0.25) is 11.5 Å². The Morgan fingerprint density at radius 3 is 2.82 bits per heavy atom. The zero-order valence-electron chi connectivity index (χ0n) is 6.33. The first-order chi connectivity index (χ1) is 5.08. The van der Waals surface area contributed by atoms with Crippen molar-refractivity contribution >= 4 is 11.9 Å². The van der Waals surface area contributed by atoms with Gasteiger partial charge in [-0.25, -0.2) is 4.79 Å². The zero-order chi connectivity index (χ0) is 8.48. The Morgan fingerprint density at radius 1 is 1.91 bits per heavy atom. The van der Waals surface area contributed by atoms with Gasteiger partial charge in [-0.15, -0.1) is 0 Å². The second kappa shape index (κ2) is 2.41. The smallest absolute Gasteiger partial charge is 0.351 e. The third-order valence-corrected chi connectivity index (χ3v) is 1.53. The van der Waals surface area contributed by atoms with Crippen LogP contribution in [-0.2, 0) is 14.4 Å². The number of oxime groups is 1. The fourth-order valence-electron chi connectivity index (χ4n) is 0.729. The topological polar surface area (TPSA) is 68.1 Å². The number of hydrogen-bond acceptors (Lipinski definition) is 4. The Kier molecular flexibility index (Phi) is 1.72. The number of carboxylic acid groups (broad SMARTS) is 1. The molecule has 0 aromatic rings. The molecule has 1 aliphatic heterocycles. The van der Waals surface area contributed by atoms with Crippen LogP contribution >= 0.6 is 0 Å². The van der Waals surface area contributed by atoms with E-state index in [2.05, 4.69) is 9.99 Å². The Morgan fingerprint density at radius 2 is 2.55 bits per heavy atom. The number of hydrogen-bond donors (Lipinski definition) is 1. The number of ether oxygens (including phenoxy) is 1. The maximum Gasteiger partial charge on any atom is 0.351 e. The molecule has 0 saturated carbocycles. The lowest BCUT2D eigenvalue weighted by molar-refractivity contribution is -0.160. The lowest BCUT2D eigenvalue weighted by atomic mass is 10.0. The highest BCUT2D eigenvalue weighted by Gasteiger charge is 2.42. The maximum absolute atomic E-state index is 10.5. The molecule has 62 valence electrons. The highest BCUT2D eigenvalue weighted by molar-refractivity contribution is 5.88. The van der Waals surface area contributed by atoms with Crippen molar-refractivity contribution < 1.29 is 19.5 Å². The van der Waals surface area contributed by atoms with Crippen LogP contribution in [0, 0.1) is 0 Å². The molecule has 1 N–H and O–H groups in total. The van der Waals surface area contributed by atoms with Gasteiger partial charge in [0, 0.05) is 0 Å². The van der Waals surface area contributed by atoms with Gasteiger partial charge >= 0.3 is 5.97 Å². The lowest BCUT2D eigenvalue weighted by Gasteiger charge is -2.13. The molecule has 0 aromatic heterocycles. The van der Waals surface area contributed by atoms with Crippen molar-refractivity contribution in [2.75, 3.05) is 7.11 Å². The second-order valence-electron chi connectivity index (χ2n) is 2.49. The van der Waals surface area contributed by atoms with E-state index in [4.69, 9.17) is 9.84 Å². The second-order valence-corrected chi connectivity index (χ2v) is 2.49. The molecule has 0 radical (unpaired) electrons. The summed E-state index contributed by atoms with van der Waals surface area (Å²) in [5.41, 5.74) is -1.24. The SMILES string of the molecule is COC1=NOC(C)(C(=O)O)C1. The molecular formula is C6H9NO4. The molecular weight excluding hydrogens is 150 g/mol. The van der Waals surface area contributed by atoms with Crippen molar-refractivity contribution in [1.29, 1.82) is 0 Å². The Balaban J connectivity index is 2.64. The summed E-state index contributed by atoms with van der Waals surface area (Å²) in [6, 6.07) is 0. The van der Waals surface area contributed by atoms with Crippen LogP contribution in [0.15, 0.2) is 5.16 Å². The summed E-state index contributed by atoms with van der Waals surface area (Å²) in [6.45, 7) is 1.45. The molecule has 0 amide bonds. The van der Waals surface area contributed by atoms with E-state index in [9.17, 15) is 4.79 Å². The monoisotopic (exact) mass is 159 g/mol. The summed E-state index contributed by atoms with van der Waals surface area (Å²) < 4.78 is 4.72. The van der Waals surface area contributed by atoms with Crippen LogP contribution in [0.25, 0.3) is 0 Å². The first-order valence-corrected chi connectivity index (χ1v) is 3.11. The quantitative estimate of drug-likeness (QED) is 0.593. The maximum atomic E-state index is 10.5. The van der Waals surface area contributed by atoms with E-state index in [0.717, 1.165) is 0 Å². The van der Waals surface area contributed by atoms with Crippen LogP contribution in [0.2, 0.25) is 0 Å². The molecule has 1 heterocycles. The number of nitrogens with zero attached hydrogens (tertiary/aromatic N) is 1. The van der Waals surface area contributed by atoms with Crippen LogP contribution in [0.1, 0.15) is 13.3 Å². The average molecular weight is 159 g/mol. The molecule has 0 aromatic carbocycles. The summed E-state index contributed by atoms with van der Waals surface area (Å²) in [6.07, 6.45) is 0.179. The summed E-state index contributed by atoms with van der Waals surface area (Å²) in [5.74, 6) is -0.719. The van der Waals surface area contributed by atoms with Crippen molar-refractivity contribution in [1.82, 2.24) is 0 Å². The van der Waals surface area contributed by atoms with Gasteiger partial charge in [0.1, 0.15) is 0 Å². The first kappa shape index (κ1) is 7.84. The molecule has 1 rings (SSSR count). The van der Waals surface area contributed by atoms with Gasteiger partial charge in [0.15, 0.2) is 0 Å². The number of carboxylic acids is 1. The molecule has 5 heteroatoms.